The van der Waals surface area contributed by atoms with E-state index in [4.69, 9.17) is 4.74 Å². The van der Waals surface area contributed by atoms with Gasteiger partial charge in [-0.15, -0.1) is 0 Å². The van der Waals surface area contributed by atoms with Crippen LogP contribution in [0.5, 0.6) is 5.75 Å². The Hall–Kier alpha value is -1.17. The molecule has 0 aromatic heterocycles. The molecule has 4 nitrogen and oxygen atoms in total. The van der Waals surface area contributed by atoms with Gasteiger partial charge in [-0.3, -0.25) is 10.1 Å². The fourth-order valence-corrected chi connectivity index (χ4v) is 1.90. The molecule has 17 heavy (non-hydrogen) atoms. The normalized spacial score (nSPS) is 12.2. The highest BCUT2D eigenvalue weighted by Crippen LogP contribution is 2.30. The predicted molar refractivity (Wildman–Crippen MR) is 66.1 cm³/mol. The number of para-hydroxylation sites is 1. The minimum Gasteiger partial charge on any atom is -0.484 e. The Labute approximate surface area is 107 Å². The van der Waals surface area contributed by atoms with E-state index in [1.165, 1.54) is 12.1 Å². The van der Waals surface area contributed by atoms with Gasteiger partial charge in [0, 0.05) is 17.3 Å². The average molecular weight is 306 g/mol. The van der Waals surface area contributed by atoms with Crippen LogP contribution in [0.3, 0.4) is 0 Å². The molecule has 0 saturated carbocycles. The molecule has 6 heteroatoms. The van der Waals surface area contributed by atoms with Gasteiger partial charge in [-0.1, -0.05) is 28.9 Å². The number of alkyl halides is 1. The first-order valence-corrected chi connectivity index (χ1v) is 6.34. The summed E-state index contributed by atoms with van der Waals surface area (Å²) in [5, 5.41) is 11.4. The summed E-state index contributed by atoms with van der Waals surface area (Å²) in [6.45, 7) is 2.23. The van der Waals surface area contributed by atoms with Gasteiger partial charge in [-0.05, 0) is 12.5 Å². The van der Waals surface area contributed by atoms with Crippen LogP contribution < -0.4 is 4.74 Å². The number of nitro groups is 1. The third kappa shape index (κ3) is 3.66. The maximum Gasteiger partial charge on any atom is 0.314 e. The molecule has 0 bridgehead atoms. The van der Waals surface area contributed by atoms with Gasteiger partial charge in [-0.2, -0.15) is 0 Å². The first-order valence-electron chi connectivity index (χ1n) is 5.21. The van der Waals surface area contributed by atoms with Gasteiger partial charge in [-0.25, -0.2) is 4.39 Å². The van der Waals surface area contributed by atoms with Crippen molar-refractivity contribution in [3.05, 3.63) is 34.1 Å². The van der Waals surface area contributed by atoms with Gasteiger partial charge in [0.1, 0.15) is 0 Å². The van der Waals surface area contributed by atoms with Gasteiger partial charge < -0.3 is 4.74 Å². The molecular weight excluding hydrogens is 293 g/mol. The first kappa shape index (κ1) is 13.9. The van der Waals surface area contributed by atoms with Crippen molar-refractivity contribution in [3.8, 4) is 5.75 Å². The number of halogens is 2. The number of ether oxygens (including phenoxy) is 1. The van der Waals surface area contributed by atoms with Crippen LogP contribution in [-0.2, 0) is 0 Å². The summed E-state index contributed by atoms with van der Waals surface area (Å²) in [7, 11) is 0. The molecule has 0 heterocycles. The van der Waals surface area contributed by atoms with E-state index in [0.717, 1.165) is 12.5 Å². The van der Waals surface area contributed by atoms with Gasteiger partial charge >= 0.3 is 5.69 Å². The molecule has 1 atom stereocenters. The molecule has 0 aliphatic carbocycles. The summed E-state index contributed by atoms with van der Waals surface area (Å²) in [5.74, 6) is -0.783. The lowest BCUT2D eigenvalue weighted by Crippen LogP contribution is -2.13. The van der Waals surface area contributed by atoms with Crippen LogP contribution in [-0.4, -0.2) is 16.9 Å². The van der Waals surface area contributed by atoms with Crippen molar-refractivity contribution < 1.29 is 14.1 Å². The minimum absolute atomic E-state index is 0.203. The van der Waals surface area contributed by atoms with Crippen LogP contribution in [0.15, 0.2) is 18.2 Å². The minimum atomic E-state index is -0.705. The molecule has 0 spiro atoms. The molecule has 0 N–H and O–H groups in total. The van der Waals surface area contributed by atoms with E-state index < -0.39 is 10.7 Å². The Kier molecular flexibility index (Phi) is 5.34. The van der Waals surface area contributed by atoms with E-state index in [2.05, 4.69) is 15.9 Å². The van der Waals surface area contributed by atoms with E-state index in [0.29, 0.717) is 5.33 Å². The van der Waals surface area contributed by atoms with Crippen LogP contribution in [0, 0.1) is 21.8 Å². The fraction of sp³-hybridized carbons (Fsp3) is 0.455. The summed E-state index contributed by atoms with van der Waals surface area (Å²) in [4.78, 5) is 10.1. The zero-order valence-electron chi connectivity index (χ0n) is 9.36. The molecule has 1 unspecified atom stereocenters. The number of hydrogen-bond donors (Lipinski definition) is 0. The lowest BCUT2D eigenvalue weighted by atomic mass is 10.1. The second-order valence-corrected chi connectivity index (χ2v) is 4.23. The highest BCUT2D eigenvalue weighted by Gasteiger charge is 2.20. The SMILES string of the molecule is CCC(CBr)COc1c(F)cccc1[N+](=O)[O-]. The molecule has 1 rings (SSSR count). The largest absolute Gasteiger partial charge is 0.484 e. The maximum absolute atomic E-state index is 13.4. The first-order chi connectivity index (χ1) is 8.10. The molecule has 0 aliphatic rings. The second kappa shape index (κ2) is 6.54. The molecule has 0 fully saturated rings. The fourth-order valence-electron chi connectivity index (χ4n) is 1.26. The van der Waals surface area contributed by atoms with Crippen molar-refractivity contribution in [2.75, 3.05) is 11.9 Å². The van der Waals surface area contributed by atoms with Gasteiger partial charge in [0.25, 0.3) is 0 Å². The van der Waals surface area contributed by atoms with Crippen molar-refractivity contribution in [1.82, 2.24) is 0 Å². The Morgan fingerprint density at radius 1 is 1.59 bits per heavy atom. The Morgan fingerprint density at radius 3 is 2.82 bits per heavy atom. The summed E-state index contributed by atoms with van der Waals surface area (Å²) in [5.41, 5.74) is -0.338. The highest BCUT2D eigenvalue weighted by atomic mass is 79.9. The zero-order chi connectivity index (χ0) is 12.8. The average Bonchev–Trinajstić information content (AvgIpc) is 2.31. The summed E-state index contributed by atoms with van der Waals surface area (Å²) in [6, 6.07) is 3.67. The Bertz CT molecular complexity index is 396. The number of hydrogen-bond acceptors (Lipinski definition) is 3. The third-order valence-corrected chi connectivity index (χ3v) is 3.32. The summed E-state index contributed by atoms with van der Waals surface area (Å²) in [6.07, 6.45) is 0.855. The number of rotatable bonds is 6. The topological polar surface area (TPSA) is 52.4 Å². The Balaban J connectivity index is 2.85. The number of nitro benzene ring substituents is 1. The smallest absolute Gasteiger partial charge is 0.314 e. The van der Waals surface area contributed by atoms with E-state index in [1.807, 2.05) is 6.92 Å². The summed E-state index contributed by atoms with van der Waals surface area (Å²) >= 11 is 3.31. The van der Waals surface area contributed by atoms with E-state index in [9.17, 15) is 14.5 Å². The van der Waals surface area contributed by atoms with Crippen LogP contribution in [0.2, 0.25) is 0 Å². The quantitative estimate of drug-likeness (QED) is 0.459. The van der Waals surface area contributed by atoms with Crippen molar-refractivity contribution in [3.63, 3.8) is 0 Å². The van der Waals surface area contributed by atoms with E-state index >= 15 is 0 Å². The lowest BCUT2D eigenvalue weighted by molar-refractivity contribution is -0.386. The van der Waals surface area contributed by atoms with Crippen LogP contribution in [0.25, 0.3) is 0 Å². The monoisotopic (exact) mass is 305 g/mol. The predicted octanol–water partition coefficient (Wildman–Crippen LogP) is 3.53. The van der Waals surface area contributed by atoms with Gasteiger partial charge in [0.2, 0.25) is 5.75 Å². The second-order valence-electron chi connectivity index (χ2n) is 3.58. The highest BCUT2D eigenvalue weighted by molar-refractivity contribution is 9.09. The van der Waals surface area contributed by atoms with Crippen LogP contribution >= 0.6 is 15.9 Å². The molecule has 0 aliphatic heterocycles. The maximum atomic E-state index is 13.4. The number of nitrogens with zero attached hydrogens (tertiary/aromatic N) is 1. The van der Waals surface area contributed by atoms with Gasteiger partial charge in [0.15, 0.2) is 5.82 Å². The molecule has 0 amide bonds. The Morgan fingerprint density at radius 2 is 2.29 bits per heavy atom. The molecule has 1 aromatic rings. The molecule has 1 aromatic carbocycles. The van der Waals surface area contributed by atoms with Crippen molar-refractivity contribution in [1.29, 1.82) is 0 Å². The van der Waals surface area contributed by atoms with Crippen molar-refractivity contribution in [2.45, 2.75) is 13.3 Å². The lowest BCUT2D eigenvalue weighted by Gasteiger charge is -2.13. The molecule has 94 valence electrons. The van der Waals surface area contributed by atoms with E-state index in [-0.39, 0.29) is 24.0 Å². The zero-order valence-corrected chi connectivity index (χ0v) is 10.9. The van der Waals surface area contributed by atoms with Crippen molar-refractivity contribution in [2.24, 2.45) is 5.92 Å². The van der Waals surface area contributed by atoms with E-state index in [1.54, 1.807) is 0 Å². The van der Waals surface area contributed by atoms with Crippen LogP contribution in [0.4, 0.5) is 10.1 Å². The third-order valence-electron chi connectivity index (χ3n) is 2.40. The standard InChI is InChI=1S/C11H13BrFNO3/c1-2-8(6-12)7-17-11-9(13)4-3-5-10(11)14(15)16/h3-5,8H,2,6-7H2,1H3. The molecular formula is C11H13BrFNO3. The van der Waals surface area contributed by atoms with Gasteiger partial charge in [0.05, 0.1) is 11.5 Å². The number of benzene rings is 1. The van der Waals surface area contributed by atoms with Crippen molar-refractivity contribution >= 4 is 21.6 Å². The summed E-state index contributed by atoms with van der Waals surface area (Å²) < 4.78 is 18.7. The van der Waals surface area contributed by atoms with Crippen LogP contribution in [0.1, 0.15) is 13.3 Å². The molecule has 0 saturated heterocycles. The molecule has 0 radical (unpaired) electrons.